The molecule has 0 aromatic rings. The van der Waals surface area contributed by atoms with E-state index >= 15 is 0 Å². The highest BCUT2D eigenvalue weighted by molar-refractivity contribution is 4.67. The SMILES string of the molecule is NCC1CCCCCC(N)CCCC1. The van der Waals surface area contributed by atoms with Gasteiger partial charge in [-0.25, -0.2) is 0 Å². The van der Waals surface area contributed by atoms with E-state index in [0.717, 1.165) is 12.5 Å². The highest BCUT2D eigenvalue weighted by atomic mass is 14.6. The van der Waals surface area contributed by atoms with Gasteiger partial charge in [-0.15, -0.1) is 0 Å². The fourth-order valence-corrected chi connectivity index (χ4v) is 2.38. The predicted octanol–water partition coefficient (Wildman–Crippen LogP) is 2.41. The molecule has 1 rings (SSSR count). The van der Waals surface area contributed by atoms with Crippen molar-refractivity contribution in [2.45, 2.75) is 63.8 Å². The van der Waals surface area contributed by atoms with Gasteiger partial charge in [0.15, 0.2) is 0 Å². The summed E-state index contributed by atoms with van der Waals surface area (Å²) in [6.07, 6.45) is 11.8. The van der Waals surface area contributed by atoms with Crippen molar-refractivity contribution in [2.24, 2.45) is 17.4 Å². The Labute approximate surface area is 88.4 Å². The summed E-state index contributed by atoms with van der Waals surface area (Å²) in [4.78, 5) is 0. The van der Waals surface area contributed by atoms with E-state index < -0.39 is 0 Å². The van der Waals surface area contributed by atoms with E-state index in [1.807, 2.05) is 0 Å². The van der Waals surface area contributed by atoms with Crippen molar-refractivity contribution in [3.05, 3.63) is 0 Å². The maximum atomic E-state index is 6.02. The zero-order valence-electron chi connectivity index (χ0n) is 9.38. The van der Waals surface area contributed by atoms with E-state index in [4.69, 9.17) is 11.5 Å². The average molecular weight is 198 g/mol. The second-order valence-corrected chi connectivity index (χ2v) is 4.78. The number of hydrogen-bond donors (Lipinski definition) is 2. The fraction of sp³-hybridized carbons (Fsp3) is 1.00. The molecule has 0 aromatic carbocycles. The molecule has 1 aliphatic carbocycles. The van der Waals surface area contributed by atoms with Gasteiger partial charge in [-0.1, -0.05) is 32.1 Å². The van der Waals surface area contributed by atoms with Crippen molar-refractivity contribution in [3.8, 4) is 0 Å². The van der Waals surface area contributed by atoms with E-state index in [0.29, 0.717) is 6.04 Å². The summed E-state index contributed by atoms with van der Waals surface area (Å²) in [6, 6.07) is 0.462. The molecule has 1 fully saturated rings. The maximum Gasteiger partial charge on any atom is 0.00388 e. The first-order chi connectivity index (χ1) is 6.83. The van der Waals surface area contributed by atoms with Crippen LogP contribution in [0.15, 0.2) is 0 Å². The van der Waals surface area contributed by atoms with Crippen LogP contribution in [0.3, 0.4) is 0 Å². The summed E-state index contributed by atoms with van der Waals surface area (Å²) < 4.78 is 0. The van der Waals surface area contributed by atoms with Crippen molar-refractivity contribution >= 4 is 0 Å². The predicted molar refractivity (Wildman–Crippen MR) is 62.1 cm³/mol. The molecule has 1 saturated carbocycles. The molecule has 2 heteroatoms. The van der Waals surface area contributed by atoms with Crippen LogP contribution < -0.4 is 11.5 Å². The lowest BCUT2D eigenvalue weighted by Crippen LogP contribution is -2.19. The molecule has 0 radical (unpaired) electrons. The zero-order valence-corrected chi connectivity index (χ0v) is 9.38. The van der Waals surface area contributed by atoms with Crippen LogP contribution in [-0.4, -0.2) is 12.6 Å². The van der Waals surface area contributed by atoms with Crippen molar-refractivity contribution in [1.82, 2.24) is 0 Å². The van der Waals surface area contributed by atoms with E-state index in [1.165, 1.54) is 57.8 Å². The summed E-state index contributed by atoms with van der Waals surface area (Å²) in [7, 11) is 0. The molecule has 0 spiro atoms. The van der Waals surface area contributed by atoms with Crippen LogP contribution in [0.4, 0.5) is 0 Å². The van der Waals surface area contributed by atoms with Crippen LogP contribution in [0.2, 0.25) is 0 Å². The molecule has 14 heavy (non-hydrogen) atoms. The minimum absolute atomic E-state index is 0.462. The van der Waals surface area contributed by atoms with Crippen molar-refractivity contribution in [1.29, 1.82) is 0 Å². The normalized spacial score (nSPS) is 32.1. The highest BCUT2D eigenvalue weighted by Gasteiger charge is 2.09. The van der Waals surface area contributed by atoms with Crippen LogP contribution in [-0.2, 0) is 0 Å². The van der Waals surface area contributed by atoms with Gasteiger partial charge in [0.2, 0.25) is 0 Å². The topological polar surface area (TPSA) is 52.0 Å². The first-order valence-corrected chi connectivity index (χ1v) is 6.28. The highest BCUT2D eigenvalue weighted by Crippen LogP contribution is 2.19. The Hall–Kier alpha value is -0.0800. The van der Waals surface area contributed by atoms with Gasteiger partial charge in [-0.2, -0.15) is 0 Å². The minimum Gasteiger partial charge on any atom is -0.330 e. The van der Waals surface area contributed by atoms with Gasteiger partial charge in [0.25, 0.3) is 0 Å². The third kappa shape index (κ3) is 4.97. The first kappa shape index (κ1) is 12.0. The van der Waals surface area contributed by atoms with Crippen molar-refractivity contribution in [2.75, 3.05) is 6.54 Å². The van der Waals surface area contributed by atoms with Gasteiger partial charge in [0.1, 0.15) is 0 Å². The zero-order chi connectivity index (χ0) is 10.2. The molecule has 84 valence electrons. The lowest BCUT2D eigenvalue weighted by molar-refractivity contribution is 0.422. The minimum atomic E-state index is 0.462. The van der Waals surface area contributed by atoms with Gasteiger partial charge in [-0.05, 0) is 38.1 Å². The molecule has 0 amide bonds. The Kier molecular flexibility index (Phi) is 6.20. The van der Waals surface area contributed by atoms with Gasteiger partial charge < -0.3 is 11.5 Å². The summed E-state index contributed by atoms with van der Waals surface area (Å²) >= 11 is 0. The number of hydrogen-bond acceptors (Lipinski definition) is 2. The Bertz CT molecular complexity index is 136. The second-order valence-electron chi connectivity index (χ2n) is 4.78. The quantitative estimate of drug-likeness (QED) is 0.680. The summed E-state index contributed by atoms with van der Waals surface area (Å²) in [6.45, 7) is 0.881. The Morgan fingerprint density at radius 2 is 1.29 bits per heavy atom. The molecule has 0 aliphatic heterocycles. The van der Waals surface area contributed by atoms with Crippen LogP contribution in [0.1, 0.15) is 57.8 Å². The van der Waals surface area contributed by atoms with Gasteiger partial charge in [-0.3, -0.25) is 0 Å². The molecule has 2 nitrogen and oxygen atoms in total. The molecule has 2 atom stereocenters. The van der Waals surface area contributed by atoms with E-state index in [9.17, 15) is 0 Å². The van der Waals surface area contributed by atoms with Crippen LogP contribution >= 0.6 is 0 Å². The molecule has 2 unspecified atom stereocenters. The van der Waals surface area contributed by atoms with E-state index in [-0.39, 0.29) is 0 Å². The standard InChI is InChI=1S/C12H26N2/c13-10-11-6-2-1-3-8-12(14)9-5-4-7-11/h11-12H,1-10,13-14H2. The molecule has 0 aromatic heterocycles. The molecule has 4 N–H and O–H groups in total. The van der Waals surface area contributed by atoms with Crippen LogP contribution in [0, 0.1) is 5.92 Å². The first-order valence-electron chi connectivity index (χ1n) is 6.28. The maximum absolute atomic E-state index is 6.02. The Balaban J connectivity index is 2.26. The molecular weight excluding hydrogens is 172 g/mol. The molecule has 0 bridgehead atoms. The van der Waals surface area contributed by atoms with Crippen molar-refractivity contribution < 1.29 is 0 Å². The monoisotopic (exact) mass is 198 g/mol. The Morgan fingerprint density at radius 3 is 1.93 bits per heavy atom. The summed E-state index contributed by atoms with van der Waals surface area (Å²) in [5, 5.41) is 0. The van der Waals surface area contributed by atoms with Gasteiger partial charge >= 0.3 is 0 Å². The van der Waals surface area contributed by atoms with Crippen LogP contribution in [0.5, 0.6) is 0 Å². The average Bonchev–Trinajstić information content (AvgIpc) is 2.23. The van der Waals surface area contributed by atoms with Gasteiger partial charge in [0, 0.05) is 6.04 Å². The fourth-order valence-electron chi connectivity index (χ4n) is 2.38. The molecule has 0 heterocycles. The second kappa shape index (κ2) is 7.24. The number of nitrogens with two attached hydrogens (primary N) is 2. The third-order valence-corrected chi connectivity index (χ3v) is 3.46. The van der Waals surface area contributed by atoms with Crippen molar-refractivity contribution in [3.63, 3.8) is 0 Å². The molecular formula is C12H26N2. The van der Waals surface area contributed by atoms with Gasteiger partial charge in [0.05, 0.1) is 0 Å². The summed E-state index contributed by atoms with van der Waals surface area (Å²) in [5.41, 5.74) is 11.8. The lowest BCUT2D eigenvalue weighted by Gasteiger charge is -2.13. The van der Waals surface area contributed by atoms with Crippen LogP contribution in [0.25, 0.3) is 0 Å². The third-order valence-electron chi connectivity index (χ3n) is 3.46. The lowest BCUT2D eigenvalue weighted by atomic mass is 9.96. The molecule has 0 saturated heterocycles. The number of rotatable bonds is 1. The largest absolute Gasteiger partial charge is 0.330 e. The van der Waals surface area contributed by atoms with E-state index in [2.05, 4.69) is 0 Å². The molecule has 1 aliphatic rings. The Morgan fingerprint density at radius 1 is 0.786 bits per heavy atom. The smallest absolute Gasteiger partial charge is 0.00388 e. The van der Waals surface area contributed by atoms with E-state index in [1.54, 1.807) is 0 Å². The summed E-state index contributed by atoms with van der Waals surface area (Å²) in [5.74, 6) is 0.782.